The van der Waals surface area contributed by atoms with Crippen LogP contribution < -0.4 is 5.73 Å². The van der Waals surface area contributed by atoms with Crippen molar-refractivity contribution in [3.8, 4) is 0 Å². The van der Waals surface area contributed by atoms with E-state index in [1.54, 1.807) is 0 Å². The van der Waals surface area contributed by atoms with Crippen molar-refractivity contribution in [1.29, 1.82) is 0 Å². The number of nitrogens with zero attached hydrogens (tertiary/aromatic N) is 3. The molecule has 98 valence electrons. The highest BCUT2D eigenvalue weighted by atomic mass is 16.4. The maximum Gasteiger partial charge on any atom is 0.305 e. The number of carboxylic acids is 1. The summed E-state index contributed by atoms with van der Waals surface area (Å²) < 4.78 is 3.77. The Bertz CT molecular complexity index is 785. The zero-order valence-electron chi connectivity index (χ0n) is 10.5. The largest absolute Gasteiger partial charge is 0.481 e. The van der Waals surface area contributed by atoms with Crippen molar-refractivity contribution in [2.45, 2.75) is 19.9 Å². The van der Waals surface area contributed by atoms with Crippen molar-refractivity contribution in [1.82, 2.24) is 14.2 Å². The standard InChI is InChI=1S/C13H14N4O2/c1-8-6-12-16(5-4-13(18)19)11-7-9(14)2-3-10(11)17(12)15-8/h2-3,6-7H,4-5,14H2,1H3,(H,18,19). The van der Waals surface area contributed by atoms with Crippen LogP contribution in [0.5, 0.6) is 0 Å². The molecule has 0 unspecified atom stereocenters. The molecule has 3 aromatic rings. The second-order valence-electron chi connectivity index (χ2n) is 4.60. The van der Waals surface area contributed by atoms with Crippen LogP contribution in [0.15, 0.2) is 24.3 Å². The van der Waals surface area contributed by atoms with Crippen molar-refractivity contribution >= 4 is 28.3 Å². The summed E-state index contributed by atoms with van der Waals surface area (Å²) in [4.78, 5) is 10.8. The molecule has 2 aromatic heterocycles. The molecule has 6 nitrogen and oxygen atoms in total. The topological polar surface area (TPSA) is 85.5 Å². The van der Waals surface area contributed by atoms with Gasteiger partial charge < -0.3 is 15.4 Å². The fourth-order valence-electron chi connectivity index (χ4n) is 2.36. The number of nitrogens with two attached hydrogens (primary N) is 1. The molecule has 0 spiro atoms. The van der Waals surface area contributed by atoms with Crippen LogP contribution >= 0.6 is 0 Å². The first-order chi connectivity index (χ1) is 9.06. The number of hydrogen-bond donors (Lipinski definition) is 2. The molecule has 0 saturated heterocycles. The molecule has 0 amide bonds. The molecule has 0 aliphatic rings. The first kappa shape index (κ1) is 11.6. The van der Waals surface area contributed by atoms with E-state index in [2.05, 4.69) is 5.10 Å². The SMILES string of the molecule is Cc1cc2n(CCC(=O)O)c3cc(N)ccc3n2n1. The molecule has 0 radical (unpaired) electrons. The Morgan fingerprint density at radius 2 is 2.16 bits per heavy atom. The van der Waals surface area contributed by atoms with Gasteiger partial charge in [-0.15, -0.1) is 0 Å². The number of aromatic nitrogens is 3. The lowest BCUT2D eigenvalue weighted by molar-refractivity contribution is -0.137. The Labute approximate surface area is 109 Å². The average molecular weight is 258 g/mol. The van der Waals surface area contributed by atoms with Gasteiger partial charge in [0, 0.05) is 18.3 Å². The van der Waals surface area contributed by atoms with Crippen molar-refractivity contribution in [3.63, 3.8) is 0 Å². The Morgan fingerprint density at radius 3 is 2.89 bits per heavy atom. The van der Waals surface area contributed by atoms with Crippen molar-refractivity contribution in [2.24, 2.45) is 0 Å². The lowest BCUT2D eigenvalue weighted by Crippen LogP contribution is -2.04. The van der Waals surface area contributed by atoms with E-state index in [1.165, 1.54) is 0 Å². The molecule has 1 aromatic carbocycles. The molecule has 0 aliphatic heterocycles. The molecule has 3 N–H and O–H groups in total. The van der Waals surface area contributed by atoms with Gasteiger partial charge in [-0.25, -0.2) is 4.52 Å². The van der Waals surface area contributed by atoms with E-state index in [4.69, 9.17) is 10.8 Å². The summed E-state index contributed by atoms with van der Waals surface area (Å²) in [5.74, 6) is -0.819. The first-order valence-corrected chi connectivity index (χ1v) is 6.02. The summed E-state index contributed by atoms with van der Waals surface area (Å²) in [6, 6.07) is 7.51. The van der Waals surface area contributed by atoms with E-state index < -0.39 is 5.97 Å². The molecule has 6 heteroatoms. The molecular formula is C13H14N4O2. The summed E-state index contributed by atoms with van der Waals surface area (Å²) >= 11 is 0. The fourth-order valence-corrected chi connectivity index (χ4v) is 2.36. The number of nitrogen functional groups attached to an aromatic ring is 1. The molecule has 0 aliphatic carbocycles. The monoisotopic (exact) mass is 258 g/mol. The third-order valence-electron chi connectivity index (χ3n) is 3.16. The second-order valence-corrected chi connectivity index (χ2v) is 4.60. The third kappa shape index (κ3) is 1.81. The quantitative estimate of drug-likeness (QED) is 0.699. The number of aliphatic carboxylic acids is 1. The van der Waals surface area contributed by atoms with Crippen molar-refractivity contribution in [3.05, 3.63) is 30.0 Å². The number of imidazole rings is 1. The Hall–Kier alpha value is -2.50. The molecule has 3 rings (SSSR count). The Morgan fingerprint density at radius 1 is 1.37 bits per heavy atom. The highest BCUT2D eigenvalue weighted by molar-refractivity contribution is 5.84. The summed E-state index contributed by atoms with van der Waals surface area (Å²) in [7, 11) is 0. The van der Waals surface area contributed by atoms with Crippen LogP contribution in [-0.4, -0.2) is 25.3 Å². The van der Waals surface area contributed by atoms with Crippen LogP contribution in [0.3, 0.4) is 0 Å². The number of aryl methyl sites for hydroxylation is 2. The smallest absolute Gasteiger partial charge is 0.305 e. The maximum absolute atomic E-state index is 10.8. The third-order valence-corrected chi connectivity index (χ3v) is 3.16. The number of carbonyl (C=O) groups is 1. The minimum atomic E-state index is -0.819. The number of benzene rings is 1. The zero-order chi connectivity index (χ0) is 13.6. The Kier molecular flexibility index (Phi) is 2.45. The molecule has 0 fully saturated rings. The summed E-state index contributed by atoms with van der Waals surface area (Å²) in [5, 5.41) is 13.3. The van der Waals surface area contributed by atoms with E-state index in [0.717, 1.165) is 22.4 Å². The highest BCUT2D eigenvalue weighted by Crippen LogP contribution is 2.23. The van der Waals surface area contributed by atoms with Crippen LogP contribution in [0.1, 0.15) is 12.1 Å². The van der Waals surface area contributed by atoms with Crippen LogP contribution in [0.25, 0.3) is 16.7 Å². The van der Waals surface area contributed by atoms with Gasteiger partial charge in [0.15, 0.2) is 0 Å². The maximum atomic E-state index is 10.8. The lowest BCUT2D eigenvalue weighted by atomic mass is 10.2. The summed E-state index contributed by atoms with van der Waals surface area (Å²) in [6.07, 6.45) is 0.0679. The van der Waals surface area contributed by atoms with E-state index in [-0.39, 0.29) is 6.42 Å². The summed E-state index contributed by atoms with van der Waals surface area (Å²) in [6.45, 7) is 2.31. The van der Waals surface area contributed by atoms with Gasteiger partial charge in [0.2, 0.25) is 0 Å². The normalized spacial score (nSPS) is 11.4. The van der Waals surface area contributed by atoms with Gasteiger partial charge in [0.05, 0.1) is 23.1 Å². The number of hydrogen-bond acceptors (Lipinski definition) is 3. The van der Waals surface area contributed by atoms with Gasteiger partial charge in [-0.2, -0.15) is 5.10 Å². The highest BCUT2D eigenvalue weighted by Gasteiger charge is 2.13. The van der Waals surface area contributed by atoms with Gasteiger partial charge in [-0.1, -0.05) is 0 Å². The predicted molar refractivity (Wildman–Crippen MR) is 72.1 cm³/mol. The Balaban J connectivity index is 2.28. The fraction of sp³-hybridized carbons (Fsp3) is 0.231. The zero-order valence-corrected chi connectivity index (χ0v) is 10.5. The molecule has 0 atom stereocenters. The van der Waals surface area contributed by atoms with E-state index in [9.17, 15) is 4.79 Å². The number of rotatable bonds is 3. The molecule has 0 saturated carbocycles. The van der Waals surface area contributed by atoms with Gasteiger partial charge in [-0.3, -0.25) is 4.79 Å². The number of carboxylic acid groups (broad SMARTS) is 1. The van der Waals surface area contributed by atoms with E-state index in [0.29, 0.717) is 12.2 Å². The van der Waals surface area contributed by atoms with Gasteiger partial charge in [-0.05, 0) is 25.1 Å². The molecular weight excluding hydrogens is 244 g/mol. The van der Waals surface area contributed by atoms with Gasteiger partial charge >= 0.3 is 5.97 Å². The average Bonchev–Trinajstić information content (AvgIpc) is 2.82. The van der Waals surface area contributed by atoms with E-state index in [1.807, 2.05) is 40.3 Å². The minimum Gasteiger partial charge on any atom is -0.481 e. The van der Waals surface area contributed by atoms with Crippen LogP contribution in [-0.2, 0) is 11.3 Å². The number of fused-ring (bicyclic) bond motifs is 3. The lowest BCUT2D eigenvalue weighted by Gasteiger charge is -2.03. The van der Waals surface area contributed by atoms with Crippen LogP contribution in [0.2, 0.25) is 0 Å². The first-order valence-electron chi connectivity index (χ1n) is 6.02. The van der Waals surface area contributed by atoms with Gasteiger partial charge in [0.25, 0.3) is 0 Å². The summed E-state index contributed by atoms with van der Waals surface area (Å²) in [5.41, 5.74) is 10.1. The van der Waals surface area contributed by atoms with Crippen LogP contribution in [0.4, 0.5) is 5.69 Å². The predicted octanol–water partition coefficient (Wildman–Crippen LogP) is 1.65. The van der Waals surface area contributed by atoms with Crippen LogP contribution in [0, 0.1) is 6.92 Å². The minimum absolute atomic E-state index is 0.0679. The molecule has 2 heterocycles. The van der Waals surface area contributed by atoms with Gasteiger partial charge in [0.1, 0.15) is 5.65 Å². The van der Waals surface area contributed by atoms with Crippen molar-refractivity contribution < 1.29 is 9.90 Å². The van der Waals surface area contributed by atoms with Crippen molar-refractivity contribution in [2.75, 3.05) is 5.73 Å². The molecule has 0 bridgehead atoms. The van der Waals surface area contributed by atoms with E-state index >= 15 is 0 Å². The molecule has 19 heavy (non-hydrogen) atoms. The second kappa shape index (κ2) is 4.01. The number of anilines is 1.